The molecule has 0 spiro atoms. The number of rotatable bonds is 6. The molecule has 1 heterocycles. The number of aromatic nitrogens is 1. The van der Waals surface area contributed by atoms with Crippen molar-refractivity contribution >= 4 is 0 Å². The molecule has 0 saturated heterocycles. The number of nitrogens with zero attached hydrogens (tertiary/aromatic N) is 1. The van der Waals surface area contributed by atoms with Crippen LogP contribution in [0.3, 0.4) is 0 Å². The molecule has 0 aliphatic carbocycles. The van der Waals surface area contributed by atoms with E-state index in [1.807, 2.05) is 6.20 Å². The Morgan fingerprint density at radius 2 is 1.90 bits per heavy atom. The monoisotopic (exact) mass is 268 g/mol. The molecular weight excluding hydrogens is 244 g/mol. The standard InChI is InChI=1S/C18H24N2/c1-4-11-19-18(17-8-6-5-7-15(17)3)12-16-10-9-14(2)13-20-16/h5-10,13,18-19H,4,11-12H2,1-3H3. The second-order valence-corrected chi connectivity index (χ2v) is 5.39. The molecule has 20 heavy (non-hydrogen) atoms. The lowest BCUT2D eigenvalue weighted by Crippen LogP contribution is -2.25. The summed E-state index contributed by atoms with van der Waals surface area (Å²) in [6.07, 6.45) is 4.03. The first kappa shape index (κ1) is 14.7. The summed E-state index contributed by atoms with van der Waals surface area (Å²) in [6.45, 7) is 7.49. The highest BCUT2D eigenvalue weighted by Crippen LogP contribution is 2.21. The molecule has 0 saturated carbocycles. The molecule has 2 aromatic rings. The average Bonchev–Trinajstić information content (AvgIpc) is 2.46. The second kappa shape index (κ2) is 7.20. The van der Waals surface area contributed by atoms with Crippen LogP contribution in [0, 0.1) is 13.8 Å². The first-order valence-electron chi connectivity index (χ1n) is 7.41. The van der Waals surface area contributed by atoms with Gasteiger partial charge in [0, 0.05) is 24.4 Å². The van der Waals surface area contributed by atoms with Crippen LogP contribution in [0.25, 0.3) is 0 Å². The SMILES string of the molecule is CCCNC(Cc1ccc(C)cn1)c1ccccc1C. The highest BCUT2D eigenvalue weighted by Gasteiger charge is 2.14. The Balaban J connectivity index is 2.19. The summed E-state index contributed by atoms with van der Waals surface area (Å²) in [5.41, 5.74) is 5.08. The summed E-state index contributed by atoms with van der Waals surface area (Å²) in [4.78, 5) is 4.54. The van der Waals surface area contributed by atoms with Crippen LogP contribution < -0.4 is 5.32 Å². The molecule has 0 bridgehead atoms. The van der Waals surface area contributed by atoms with Gasteiger partial charge in [-0.1, -0.05) is 37.3 Å². The van der Waals surface area contributed by atoms with Gasteiger partial charge in [0.25, 0.3) is 0 Å². The maximum atomic E-state index is 4.54. The van der Waals surface area contributed by atoms with Crippen LogP contribution in [0.5, 0.6) is 0 Å². The van der Waals surface area contributed by atoms with E-state index in [-0.39, 0.29) is 0 Å². The molecule has 0 aliphatic rings. The number of hydrogen-bond acceptors (Lipinski definition) is 2. The minimum absolute atomic E-state index is 0.339. The summed E-state index contributed by atoms with van der Waals surface area (Å²) in [7, 11) is 0. The Morgan fingerprint density at radius 3 is 2.55 bits per heavy atom. The topological polar surface area (TPSA) is 24.9 Å². The van der Waals surface area contributed by atoms with Crippen LogP contribution in [0.1, 0.15) is 41.8 Å². The quantitative estimate of drug-likeness (QED) is 0.857. The summed E-state index contributed by atoms with van der Waals surface area (Å²) < 4.78 is 0. The predicted octanol–water partition coefficient (Wildman–Crippen LogP) is 3.98. The summed E-state index contributed by atoms with van der Waals surface area (Å²) in [5, 5.41) is 3.65. The first-order chi connectivity index (χ1) is 9.70. The molecule has 1 unspecified atom stereocenters. The molecule has 1 N–H and O–H groups in total. The Labute approximate surface area is 122 Å². The molecule has 2 nitrogen and oxygen atoms in total. The van der Waals surface area contributed by atoms with Crippen LogP contribution in [0.4, 0.5) is 0 Å². The average molecular weight is 268 g/mol. The van der Waals surface area contributed by atoms with Gasteiger partial charge in [0.2, 0.25) is 0 Å². The Hall–Kier alpha value is -1.67. The third-order valence-corrected chi connectivity index (χ3v) is 3.59. The van der Waals surface area contributed by atoms with Crippen molar-refractivity contribution in [2.24, 2.45) is 0 Å². The van der Waals surface area contributed by atoms with E-state index in [9.17, 15) is 0 Å². The lowest BCUT2D eigenvalue weighted by Gasteiger charge is -2.20. The largest absolute Gasteiger partial charge is 0.310 e. The number of benzene rings is 1. The summed E-state index contributed by atoms with van der Waals surface area (Å²) in [5.74, 6) is 0. The van der Waals surface area contributed by atoms with Gasteiger partial charge in [-0.2, -0.15) is 0 Å². The van der Waals surface area contributed by atoms with Gasteiger partial charge in [0.1, 0.15) is 0 Å². The highest BCUT2D eigenvalue weighted by molar-refractivity contribution is 5.30. The smallest absolute Gasteiger partial charge is 0.0422 e. The van der Waals surface area contributed by atoms with Crippen molar-refractivity contribution in [3.8, 4) is 0 Å². The van der Waals surface area contributed by atoms with Crippen LogP contribution >= 0.6 is 0 Å². The maximum absolute atomic E-state index is 4.54. The van der Waals surface area contributed by atoms with Gasteiger partial charge in [0.15, 0.2) is 0 Å². The molecule has 1 aromatic carbocycles. The predicted molar refractivity (Wildman–Crippen MR) is 84.9 cm³/mol. The second-order valence-electron chi connectivity index (χ2n) is 5.39. The van der Waals surface area contributed by atoms with Gasteiger partial charge >= 0.3 is 0 Å². The molecule has 106 valence electrons. The van der Waals surface area contributed by atoms with Crippen molar-refractivity contribution in [1.29, 1.82) is 0 Å². The number of pyridine rings is 1. The zero-order valence-corrected chi connectivity index (χ0v) is 12.7. The van der Waals surface area contributed by atoms with Gasteiger partial charge in [0.05, 0.1) is 0 Å². The number of hydrogen-bond donors (Lipinski definition) is 1. The van der Waals surface area contributed by atoms with Crippen molar-refractivity contribution in [2.75, 3.05) is 6.54 Å². The van der Waals surface area contributed by atoms with E-state index in [1.165, 1.54) is 16.7 Å². The highest BCUT2D eigenvalue weighted by atomic mass is 14.9. The van der Waals surface area contributed by atoms with Gasteiger partial charge < -0.3 is 5.32 Å². The summed E-state index contributed by atoms with van der Waals surface area (Å²) in [6, 6.07) is 13.2. The lowest BCUT2D eigenvalue weighted by molar-refractivity contribution is 0.522. The van der Waals surface area contributed by atoms with E-state index < -0.39 is 0 Å². The van der Waals surface area contributed by atoms with Crippen molar-refractivity contribution in [3.05, 3.63) is 65.0 Å². The van der Waals surface area contributed by atoms with Crippen molar-refractivity contribution < 1.29 is 0 Å². The molecule has 0 aliphatic heterocycles. The zero-order chi connectivity index (χ0) is 14.4. The fourth-order valence-electron chi connectivity index (χ4n) is 2.42. The lowest BCUT2D eigenvalue weighted by atomic mass is 9.97. The fraction of sp³-hybridized carbons (Fsp3) is 0.389. The van der Waals surface area contributed by atoms with Gasteiger partial charge in [-0.15, -0.1) is 0 Å². The molecule has 0 fully saturated rings. The maximum Gasteiger partial charge on any atom is 0.0422 e. The van der Waals surface area contributed by atoms with E-state index in [0.717, 1.165) is 25.1 Å². The third kappa shape index (κ3) is 3.91. The first-order valence-corrected chi connectivity index (χ1v) is 7.41. The normalized spacial score (nSPS) is 12.3. The van der Waals surface area contributed by atoms with E-state index in [4.69, 9.17) is 0 Å². The van der Waals surface area contributed by atoms with Crippen molar-refractivity contribution in [2.45, 2.75) is 39.7 Å². The van der Waals surface area contributed by atoms with Crippen LogP contribution in [0.2, 0.25) is 0 Å². The Kier molecular flexibility index (Phi) is 5.31. The van der Waals surface area contributed by atoms with Gasteiger partial charge in [-0.25, -0.2) is 0 Å². The van der Waals surface area contributed by atoms with E-state index >= 15 is 0 Å². The van der Waals surface area contributed by atoms with E-state index in [1.54, 1.807) is 0 Å². The molecule has 2 heteroatoms. The molecule has 0 radical (unpaired) electrons. The molecular formula is C18H24N2. The molecule has 0 amide bonds. The Bertz CT molecular complexity index is 531. The van der Waals surface area contributed by atoms with Crippen molar-refractivity contribution in [3.63, 3.8) is 0 Å². The zero-order valence-electron chi connectivity index (χ0n) is 12.7. The molecule has 1 aromatic heterocycles. The number of aryl methyl sites for hydroxylation is 2. The van der Waals surface area contributed by atoms with Crippen molar-refractivity contribution in [1.82, 2.24) is 10.3 Å². The third-order valence-electron chi connectivity index (χ3n) is 3.59. The van der Waals surface area contributed by atoms with Crippen LogP contribution in [0.15, 0.2) is 42.6 Å². The number of nitrogens with one attached hydrogen (secondary N) is 1. The fourth-order valence-corrected chi connectivity index (χ4v) is 2.42. The molecule has 1 atom stereocenters. The van der Waals surface area contributed by atoms with Gasteiger partial charge in [-0.3, -0.25) is 4.98 Å². The Morgan fingerprint density at radius 1 is 1.10 bits per heavy atom. The summed E-state index contributed by atoms with van der Waals surface area (Å²) >= 11 is 0. The minimum Gasteiger partial charge on any atom is -0.310 e. The van der Waals surface area contributed by atoms with Gasteiger partial charge in [-0.05, 0) is 49.6 Å². The minimum atomic E-state index is 0.339. The van der Waals surface area contributed by atoms with Crippen LogP contribution in [-0.2, 0) is 6.42 Å². The van der Waals surface area contributed by atoms with E-state index in [2.05, 4.69) is 67.5 Å². The van der Waals surface area contributed by atoms with Crippen LogP contribution in [-0.4, -0.2) is 11.5 Å². The molecule has 2 rings (SSSR count). The van der Waals surface area contributed by atoms with E-state index in [0.29, 0.717) is 6.04 Å².